The minimum absolute atomic E-state index is 0. The first-order valence-electron chi connectivity index (χ1n) is 8.51. The quantitative estimate of drug-likeness (QED) is 0.287. The highest BCUT2D eigenvalue weighted by molar-refractivity contribution is 14.0. The first kappa shape index (κ1) is 22.9. The molecule has 0 bridgehead atoms. The van der Waals surface area contributed by atoms with E-state index in [1.54, 1.807) is 19.1 Å². The fourth-order valence-corrected chi connectivity index (χ4v) is 2.29. The molecule has 5 nitrogen and oxygen atoms in total. The molecule has 2 rings (SSSR count). The summed E-state index contributed by atoms with van der Waals surface area (Å²) >= 11 is 0. The first-order chi connectivity index (χ1) is 12.5. The van der Waals surface area contributed by atoms with Gasteiger partial charge in [0, 0.05) is 32.7 Å². The van der Waals surface area contributed by atoms with Gasteiger partial charge in [-0.15, -0.1) is 24.0 Å². The Morgan fingerprint density at radius 2 is 1.74 bits per heavy atom. The van der Waals surface area contributed by atoms with E-state index < -0.39 is 0 Å². The monoisotopic (exact) mass is 484 g/mol. The second-order valence-corrected chi connectivity index (χ2v) is 6.17. The summed E-state index contributed by atoms with van der Waals surface area (Å²) in [5.41, 5.74) is 1.97. The van der Waals surface area contributed by atoms with Crippen LogP contribution in [0.1, 0.15) is 21.5 Å². The highest BCUT2D eigenvalue weighted by atomic mass is 127. The van der Waals surface area contributed by atoms with E-state index in [4.69, 9.17) is 0 Å². The van der Waals surface area contributed by atoms with E-state index in [1.807, 2.05) is 49.3 Å². The second-order valence-electron chi connectivity index (χ2n) is 6.17. The molecule has 0 spiro atoms. The van der Waals surface area contributed by atoms with Crippen molar-refractivity contribution in [2.24, 2.45) is 4.99 Å². The number of nitrogens with zero attached hydrogens (tertiary/aromatic N) is 2. The highest BCUT2D eigenvalue weighted by Crippen LogP contribution is 2.08. The van der Waals surface area contributed by atoms with Crippen molar-refractivity contribution in [3.8, 4) is 0 Å². The molecule has 0 aliphatic heterocycles. The smallest absolute Gasteiger partial charge is 0.251 e. The van der Waals surface area contributed by atoms with Crippen LogP contribution in [-0.2, 0) is 6.54 Å². The van der Waals surface area contributed by atoms with Crippen LogP contribution in [0.15, 0.2) is 53.5 Å². The fraction of sp³-hybridized carbons (Fsp3) is 0.300. The summed E-state index contributed by atoms with van der Waals surface area (Å²) < 4.78 is 13.5. The molecule has 0 heterocycles. The number of amides is 1. The third-order valence-electron chi connectivity index (χ3n) is 3.81. The molecule has 2 aromatic rings. The molecule has 7 heteroatoms. The Morgan fingerprint density at radius 3 is 2.37 bits per heavy atom. The van der Waals surface area contributed by atoms with Crippen LogP contribution in [0, 0.1) is 12.7 Å². The van der Waals surface area contributed by atoms with Crippen molar-refractivity contribution in [3.05, 3.63) is 71.0 Å². The van der Waals surface area contributed by atoms with Crippen LogP contribution >= 0.6 is 24.0 Å². The van der Waals surface area contributed by atoms with Crippen molar-refractivity contribution in [1.29, 1.82) is 0 Å². The van der Waals surface area contributed by atoms with Gasteiger partial charge in [-0.05, 0) is 30.2 Å². The zero-order chi connectivity index (χ0) is 18.9. The summed E-state index contributed by atoms with van der Waals surface area (Å²) in [5, 5.41) is 5.98. The number of aryl methyl sites for hydroxylation is 1. The lowest BCUT2D eigenvalue weighted by atomic mass is 10.1. The van der Waals surface area contributed by atoms with Gasteiger partial charge in [0.15, 0.2) is 5.96 Å². The normalized spacial score (nSPS) is 10.7. The summed E-state index contributed by atoms with van der Waals surface area (Å²) in [6, 6.07) is 14.5. The predicted octanol–water partition coefficient (Wildman–Crippen LogP) is 3.19. The number of rotatable bonds is 6. The SMILES string of the molecule is Cc1ccc(C(=O)NCCNC(=NCc2ccccc2)N(C)C)cc1F.I. The van der Waals surface area contributed by atoms with Crippen LogP contribution in [0.25, 0.3) is 0 Å². The number of halogens is 2. The summed E-state index contributed by atoms with van der Waals surface area (Å²) in [6.07, 6.45) is 0. The van der Waals surface area contributed by atoms with Crippen molar-refractivity contribution in [2.75, 3.05) is 27.2 Å². The molecule has 0 aliphatic carbocycles. The van der Waals surface area contributed by atoms with E-state index in [9.17, 15) is 9.18 Å². The van der Waals surface area contributed by atoms with Crippen molar-refractivity contribution in [1.82, 2.24) is 15.5 Å². The highest BCUT2D eigenvalue weighted by Gasteiger charge is 2.08. The maximum absolute atomic E-state index is 13.5. The molecule has 0 atom stereocenters. The molecule has 0 saturated heterocycles. The minimum Gasteiger partial charge on any atom is -0.354 e. The largest absolute Gasteiger partial charge is 0.354 e. The fourth-order valence-electron chi connectivity index (χ4n) is 2.29. The van der Waals surface area contributed by atoms with E-state index >= 15 is 0 Å². The number of benzene rings is 2. The number of hydrogen-bond acceptors (Lipinski definition) is 2. The van der Waals surface area contributed by atoms with Gasteiger partial charge >= 0.3 is 0 Å². The molecule has 27 heavy (non-hydrogen) atoms. The molecule has 0 aromatic heterocycles. The molecule has 146 valence electrons. The molecule has 0 saturated carbocycles. The van der Waals surface area contributed by atoms with Crippen molar-refractivity contribution in [3.63, 3.8) is 0 Å². The Balaban J connectivity index is 0.00000364. The van der Waals surface area contributed by atoms with Crippen LogP contribution in [0.5, 0.6) is 0 Å². The summed E-state index contributed by atoms with van der Waals surface area (Å²) in [5.74, 6) is 0.0709. The predicted molar refractivity (Wildman–Crippen MR) is 118 cm³/mol. The summed E-state index contributed by atoms with van der Waals surface area (Å²) in [4.78, 5) is 18.5. The van der Waals surface area contributed by atoms with Crippen molar-refractivity contribution in [2.45, 2.75) is 13.5 Å². The summed E-state index contributed by atoms with van der Waals surface area (Å²) in [7, 11) is 3.81. The lowest BCUT2D eigenvalue weighted by Crippen LogP contribution is -2.41. The number of hydrogen-bond donors (Lipinski definition) is 2. The third kappa shape index (κ3) is 7.54. The Morgan fingerprint density at radius 1 is 1.07 bits per heavy atom. The molecule has 1 amide bonds. The topological polar surface area (TPSA) is 56.7 Å². The first-order valence-corrected chi connectivity index (χ1v) is 8.51. The van der Waals surface area contributed by atoms with Crippen LogP contribution in [0.2, 0.25) is 0 Å². The molecule has 2 aromatic carbocycles. The van der Waals surface area contributed by atoms with Gasteiger partial charge in [0.1, 0.15) is 5.82 Å². The standard InChI is InChI=1S/C20H25FN4O.HI/c1-15-9-10-17(13-18(15)21)19(26)22-11-12-23-20(25(2)3)24-14-16-7-5-4-6-8-16;/h4-10,13H,11-12,14H2,1-3H3,(H,22,26)(H,23,24);1H. The molecule has 0 unspecified atom stereocenters. The van der Waals surface area contributed by atoms with Crippen LogP contribution in [0.4, 0.5) is 4.39 Å². The van der Waals surface area contributed by atoms with E-state index in [2.05, 4.69) is 15.6 Å². The Bertz CT molecular complexity index is 766. The maximum atomic E-state index is 13.5. The van der Waals surface area contributed by atoms with E-state index in [-0.39, 0.29) is 35.7 Å². The lowest BCUT2D eigenvalue weighted by molar-refractivity contribution is 0.0954. The minimum atomic E-state index is -0.376. The molecule has 0 fully saturated rings. The average molecular weight is 484 g/mol. The second kappa shape index (κ2) is 11.5. The van der Waals surface area contributed by atoms with Gasteiger partial charge in [-0.3, -0.25) is 4.79 Å². The molecule has 0 radical (unpaired) electrons. The van der Waals surface area contributed by atoms with Gasteiger partial charge in [0.25, 0.3) is 5.91 Å². The summed E-state index contributed by atoms with van der Waals surface area (Å²) in [6.45, 7) is 3.17. The van der Waals surface area contributed by atoms with Crippen LogP contribution in [0.3, 0.4) is 0 Å². The van der Waals surface area contributed by atoms with Crippen LogP contribution < -0.4 is 10.6 Å². The Kier molecular flexibility index (Phi) is 9.77. The Labute approximate surface area is 177 Å². The molecule has 0 aliphatic rings. The van der Waals surface area contributed by atoms with E-state index in [1.165, 1.54) is 6.07 Å². The molecular formula is C20H26FIN4O. The van der Waals surface area contributed by atoms with Gasteiger partial charge in [-0.2, -0.15) is 0 Å². The van der Waals surface area contributed by atoms with Crippen molar-refractivity contribution >= 4 is 35.8 Å². The number of nitrogens with one attached hydrogen (secondary N) is 2. The average Bonchev–Trinajstić information content (AvgIpc) is 2.63. The van der Waals surface area contributed by atoms with Crippen LogP contribution in [-0.4, -0.2) is 44.0 Å². The number of carbonyl (C=O) groups is 1. The van der Waals surface area contributed by atoms with Gasteiger partial charge in [-0.1, -0.05) is 36.4 Å². The zero-order valence-electron chi connectivity index (χ0n) is 15.8. The number of aliphatic imine (C=N–C) groups is 1. The number of guanidine groups is 1. The van der Waals surface area contributed by atoms with Gasteiger partial charge in [0.05, 0.1) is 6.54 Å². The zero-order valence-corrected chi connectivity index (χ0v) is 18.2. The molecular weight excluding hydrogens is 458 g/mol. The number of carbonyl (C=O) groups excluding carboxylic acids is 1. The van der Waals surface area contributed by atoms with Gasteiger partial charge < -0.3 is 15.5 Å². The Hall–Kier alpha value is -2.16. The van der Waals surface area contributed by atoms with Gasteiger partial charge in [-0.25, -0.2) is 9.38 Å². The van der Waals surface area contributed by atoms with Gasteiger partial charge in [0.2, 0.25) is 0 Å². The van der Waals surface area contributed by atoms with Crippen molar-refractivity contribution < 1.29 is 9.18 Å². The van der Waals surface area contributed by atoms with E-state index in [0.29, 0.717) is 30.8 Å². The third-order valence-corrected chi connectivity index (χ3v) is 3.81. The molecule has 2 N–H and O–H groups in total. The van der Waals surface area contributed by atoms with E-state index in [0.717, 1.165) is 11.5 Å². The maximum Gasteiger partial charge on any atom is 0.251 e. The lowest BCUT2D eigenvalue weighted by Gasteiger charge is -2.18.